The molecule has 1 aromatic heterocycles. The Kier molecular flexibility index (Phi) is 5.22. The molecular formula is C15H17ClFN3O2S2. The minimum absolute atomic E-state index is 0.176. The molecule has 2 heterocycles. The van der Waals surface area contributed by atoms with Gasteiger partial charge in [0.05, 0.1) is 10.7 Å². The van der Waals surface area contributed by atoms with E-state index in [1.165, 1.54) is 16.4 Å². The molecule has 0 spiro atoms. The van der Waals surface area contributed by atoms with Gasteiger partial charge in [0.15, 0.2) is 0 Å². The third kappa shape index (κ3) is 3.78. The number of piperazine rings is 1. The van der Waals surface area contributed by atoms with Gasteiger partial charge in [-0.1, -0.05) is 11.6 Å². The number of thiazole rings is 1. The van der Waals surface area contributed by atoms with Crippen molar-refractivity contribution in [2.75, 3.05) is 26.2 Å². The molecule has 24 heavy (non-hydrogen) atoms. The summed E-state index contributed by atoms with van der Waals surface area (Å²) in [6, 6.07) is 3.63. The van der Waals surface area contributed by atoms with Crippen LogP contribution in [0.3, 0.4) is 0 Å². The Hall–Kier alpha value is -1.06. The lowest BCUT2D eigenvalue weighted by Gasteiger charge is -2.33. The third-order valence-corrected chi connectivity index (χ3v) is 6.88. The van der Waals surface area contributed by atoms with Crippen molar-refractivity contribution < 1.29 is 12.8 Å². The van der Waals surface area contributed by atoms with Gasteiger partial charge < -0.3 is 0 Å². The summed E-state index contributed by atoms with van der Waals surface area (Å²) >= 11 is 7.29. The van der Waals surface area contributed by atoms with Crippen LogP contribution >= 0.6 is 22.9 Å². The number of rotatable bonds is 4. The van der Waals surface area contributed by atoms with Crippen molar-refractivity contribution in [2.24, 2.45) is 0 Å². The SMILES string of the molecule is Cc1nc(CN2CCN(S(=O)(=O)c3ccc(Cl)cc3F)CC2)cs1. The van der Waals surface area contributed by atoms with E-state index in [0.29, 0.717) is 32.7 Å². The highest BCUT2D eigenvalue weighted by atomic mass is 35.5. The van der Waals surface area contributed by atoms with Crippen LogP contribution < -0.4 is 0 Å². The molecule has 0 radical (unpaired) electrons. The van der Waals surface area contributed by atoms with E-state index < -0.39 is 15.8 Å². The van der Waals surface area contributed by atoms with Gasteiger partial charge in [-0.05, 0) is 25.1 Å². The van der Waals surface area contributed by atoms with E-state index in [0.717, 1.165) is 16.8 Å². The summed E-state index contributed by atoms with van der Waals surface area (Å²) in [7, 11) is -3.84. The highest BCUT2D eigenvalue weighted by molar-refractivity contribution is 7.89. The van der Waals surface area contributed by atoms with Gasteiger partial charge in [-0.15, -0.1) is 11.3 Å². The normalized spacial score (nSPS) is 17.3. The predicted octanol–water partition coefficient (Wildman–Crippen LogP) is 2.75. The molecule has 0 saturated carbocycles. The zero-order valence-corrected chi connectivity index (χ0v) is 15.5. The first-order valence-electron chi connectivity index (χ1n) is 7.45. The Labute approximate surface area is 149 Å². The van der Waals surface area contributed by atoms with E-state index in [1.54, 1.807) is 11.3 Å². The number of hydrogen-bond acceptors (Lipinski definition) is 5. The smallest absolute Gasteiger partial charge is 0.246 e. The van der Waals surface area contributed by atoms with Crippen LogP contribution in [0.4, 0.5) is 4.39 Å². The van der Waals surface area contributed by atoms with Crippen LogP contribution in [0.1, 0.15) is 10.7 Å². The molecule has 0 atom stereocenters. The average Bonchev–Trinajstić information content (AvgIpc) is 2.92. The number of halogens is 2. The van der Waals surface area contributed by atoms with Gasteiger partial charge in [-0.2, -0.15) is 4.31 Å². The highest BCUT2D eigenvalue weighted by Crippen LogP contribution is 2.23. The van der Waals surface area contributed by atoms with Crippen molar-refractivity contribution in [1.82, 2.24) is 14.2 Å². The van der Waals surface area contributed by atoms with Crippen LogP contribution in [0.25, 0.3) is 0 Å². The van der Waals surface area contributed by atoms with Gasteiger partial charge in [-0.3, -0.25) is 4.90 Å². The van der Waals surface area contributed by atoms with E-state index in [-0.39, 0.29) is 9.92 Å². The lowest BCUT2D eigenvalue weighted by atomic mass is 10.3. The maximum atomic E-state index is 14.0. The molecule has 0 unspecified atom stereocenters. The van der Waals surface area contributed by atoms with Crippen molar-refractivity contribution in [3.8, 4) is 0 Å². The summed E-state index contributed by atoms with van der Waals surface area (Å²) in [5, 5.41) is 3.21. The second-order valence-electron chi connectivity index (χ2n) is 5.61. The lowest BCUT2D eigenvalue weighted by molar-refractivity contribution is 0.180. The fraction of sp³-hybridized carbons (Fsp3) is 0.400. The lowest BCUT2D eigenvalue weighted by Crippen LogP contribution is -2.48. The first kappa shape index (κ1) is 17.8. The van der Waals surface area contributed by atoms with Crippen LogP contribution in [0.2, 0.25) is 5.02 Å². The van der Waals surface area contributed by atoms with Crippen LogP contribution in [-0.4, -0.2) is 48.8 Å². The minimum atomic E-state index is -3.84. The third-order valence-electron chi connectivity index (χ3n) is 3.90. The molecule has 5 nitrogen and oxygen atoms in total. The van der Waals surface area contributed by atoms with Gasteiger partial charge in [0.1, 0.15) is 10.7 Å². The van der Waals surface area contributed by atoms with Gasteiger partial charge in [0, 0.05) is 43.1 Å². The Morgan fingerprint density at radius 3 is 2.58 bits per heavy atom. The predicted molar refractivity (Wildman–Crippen MR) is 92.3 cm³/mol. The van der Waals surface area contributed by atoms with Crippen LogP contribution in [0.5, 0.6) is 0 Å². The zero-order chi connectivity index (χ0) is 17.3. The molecule has 2 aromatic rings. The number of nitrogens with zero attached hydrogens (tertiary/aromatic N) is 3. The monoisotopic (exact) mass is 389 g/mol. The summed E-state index contributed by atoms with van der Waals surface area (Å²) in [4.78, 5) is 6.25. The Bertz CT molecular complexity index is 833. The highest BCUT2D eigenvalue weighted by Gasteiger charge is 2.30. The van der Waals surface area contributed by atoms with E-state index in [4.69, 9.17) is 11.6 Å². The standard InChI is InChI=1S/C15H17ClFN3O2S2/c1-11-18-13(10-23-11)9-19-4-6-20(7-5-19)24(21,22)15-3-2-12(16)8-14(15)17/h2-3,8,10H,4-7,9H2,1H3. The van der Waals surface area contributed by atoms with Gasteiger partial charge >= 0.3 is 0 Å². The topological polar surface area (TPSA) is 53.5 Å². The Morgan fingerprint density at radius 1 is 1.29 bits per heavy atom. The maximum absolute atomic E-state index is 14.0. The second kappa shape index (κ2) is 7.05. The molecular weight excluding hydrogens is 373 g/mol. The zero-order valence-electron chi connectivity index (χ0n) is 13.1. The van der Waals surface area contributed by atoms with E-state index in [1.807, 2.05) is 12.3 Å². The molecule has 0 aliphatic carbocycles. The minimum Gasteiger partial charge on any atom is -0.295 e. The van der Waals surface area contributed by atoms with Gasteiger partial charge in [0.25, 0.3) is 0 Å². The van der Waals surface area contributed by atoms with Crippen LogP contribution in [-0.2, 0) is 16.6 Å². The van der Waals surface area contributed by atoms with Crippen molar-refractivity contribution in [2.45, 2.75) is 18.4 Å². The fourth-order valence-corrected chi connectivity index (χ4v) is 4.89. The van der Waals surface area contributed by atoms with Crippen molar-refractivity contribution in [3.05, 3.63) is 45.1 Å². The van der Waals surface area contributed by atoms with E-state index >= 15 is 0 Å². The Morgan fingerprint density at radius 2 is 2.00 bits per heavy atom. The molecule has 1 aromatic carbocycles. The first-order chi connectivity index (χ1) is 11.4. The average molecular weight is 390 g/mol. The molecule has 0 N–H and O–H groups in total. The molecule has 1 saturated heterocycles. The Balaban J connectivity index is 1.67. The molecule has 9 heteroatoms. The van der Waals surface area contributed by atoms with E-state index in [2.05, 4.69) is 9.88 Å². The summed E-state index contributed by atoms with van der Waals surface area (Å²) in [5.74, 6) is -0.817. The fourth-order valence-electron chi connectivity index (χ4n) is 2.66. The quantitative estimate of drug-likeness (QED) is 0.806. The van der Waals surface area contributed by atoms with Crippen LogP contribution in [0, 0.1) is 12.7 Å². The molecule has 1 aliphatic heterocycles. The van der Waals surface area contributed by atoms with E-state index in [9.17, 15) is 12.8 Å². The van der Waals surface area contributed by atoms with Crippen LogP contribution in [0.15, 0.2) is 28.5 Å². The second-order valence-corrected chi connectivity index (χ2v) is 9.02. The van der Waals surface area contributed by atoms with Crippen molar-refractivity contribution in [1.29, 1.82) is 0 Å². The summed E-state index contributed by atoms with van der Waals surface area (Å²) in [6.07, 6.45) is 0. The van der Waals surface area contributed by atoms with Gasteiger partial charge in [0.2, 0.25) is 10.0 Å². The molecule has 0 bridgehead atoms. The first-order valence-corrected chi connectivity index (χ1v) is 10.1. The number of benzene rings is 1. The summed E-state index contributed by atoms with van der Waals surface area (Å²) in [5.41, 5.74) is 0.998. The largest absolute Gasteiger partial charge is 0.295 e. The molecule has 3 rings (SSSR count). The number of sulfonamides is 1. The number of hydrogen-bond donors (Lipinski definition) is 0. The molecule has 0 amide bonds. The summed E-state index contributed by atoms with van der Waals surface area (Å²) in [6.45, 7) is 4.49. The number of aryl methyl sites for hydroxylation is 1. The number of aromatic nitrogens is 1. The molecule has 1 aliphatic rings. The van der Waals surface area contributed by atoms with Gasteiger partial charge in [-0.25, -0.2) is 17.8 Å². The van der Waals surface area contributed by atoms with Crippen molar-refractivity contribution in [3.63, 3.8) is 0 Å². The molecule has 130 valence electrons. The summed E-state index contributed by atoms with van der Waals surface area (Å²) < 4.78 is 40.5. The van der Waals surface area contributed by atoms with Crippen molar-refractivity contribution >= 4 is 33.0 Å². The molecule has 1 fully saturated rings. The maximum Gasteiger partial charge on any atom is 0.246 e.